The number of aliphatic hydroxyl groups excluding tert-OH is 1. The Balaban J connectivity index is 3.95. The molecule has 4 heteroatoms. The van der Waals surface area contributed by atoms with Gasteiger partial charge in [0.05, 0.1) is 13.0 Å². The number of esters is 1. The van der Waals surface area contributed by atoms with E-state index in [2.05, 4.69) is 5.32 Å². The van der Waals surface area contributed by atoms with Crippen molar-refractivity contribution in [2.24, 2.45) is 0 Å². The number of ether oxygens (including phenoxy) is 1. The lowest BCUT2D eigenvalue weighted by molar-refractivity contribution is -0.155. The molecular formula is C12H25NO3. The fraction of sp³-hybridized carbons (Fsp3) is 0.917. The van der Waals surface area contributed by atoms with Gasteiger partial charge in [-0.1, -0.05) is 6.92 Å². The zero-order valence-corrected chi connectivity index (χ0v) is 11.0. The second-order valence-electron chi connectivity index (χ2n) is 5.15. The first-order chi connectivity index (χ1) is 7.28. The topological polar surface area (TPSA) is 58.6 Å². The molecule has 0 amide bonds. The fourth-order valence-corrected chi connectivity index (χ4v) is 1.39. The molecule has 0 aliphatic heterocycles. The minimum Gasteiger partial charge on any atom is -0.460 e. The molecule has 0 aromatic heterocycles. The molecular weight excluding hydrogens is 206 g/mol. The fourth-order valence-electron chi connectivity index (χ4n) is 1.39. The standard InChI is InChI=1S/C12H25NO3/c1-6-10(8-14)13-9(2)7-11(15)16-12(3,4)5/h9-10,13-14H,6-8H2,1-5H3. The van der Waals surface area contributed by atoms with Crippen LogP contribution < -0.4 is 5.32 Å². The first kappa shape index (κ1) is 15.4. The third-order valence-corrected chi connectivity index (χ3v) is 2.13. The predicted octanol–water partition coefficient (Wildman–Crippen LogP) is 1.47. The van der Waals surface area contributed by atoms with E-state index >= 15 is 0 Å². The van der Waals surface area contributed by atoms with Crippen molar-refractivity contribution in [3.63, 3.8) is 0 Å². The predicted molar refractivity (Wildman–Crippen MR) is 64.2 cm³/mol. The van der Waals surface area contributed by atoms with Crippen molar-refractivity contribution >= 4 is 5.97 Å². The zero-order chi connectivity index (χ0) is 12.8. The molecule has 0 spiro atoms. The first-order valence-electron chi connectivity index (χ1n) is 5.87. The molecule has 0 aromatic rings. The van der Waals surface area contributed by atoms with Gasteiger partial charge in [-0.3, -0.25) is 4.79 Å². The smallest absolute Gasteiger partial charge is 0.307 e. The van der Waals surface area contributed by atoms with Crippen molar-refractivity contribution in [3.05, 3.63) is 0 Å². The van der Waals surface area contributed by atoms with Crippen molar-refractivity contribution in [1.82, 2.24) is 5.32 Å². The van der Waals surface area contributed by atoms with E-state index in [-0.39, 0.29) is 24.7 Å². The summed E-state index contributed by atoms with van der Waals surface area (Å²) in [6, 6.07) is 0.0735. The van der Waals surface area contributed by atoms with E-state index in [1.54, 1.807) is 0 Å². The number of nitrogens with one attached hydrogen (secondary N) is 1. The minimum absolute atomic E-state index is 0.0203. The Hall–Kier alpha value is -0.610. The highest BCUT2D eigenvalue weighted by Crippen LogP contribution is 2.09. The van der Waals surface area contributed by atoms with Crippen LogP contribution in [0.3, 0.4) is 0 Å². The third-order valence-electron chi connectivity index (χ3n) is 2.13. The largest absolute Gasteiger partial charge is 0.460 e. The Morgan fingerprint density at radius 2 is 2.00 bits per heavy atom. The Labute approximate surface area is 98.4 Å². The summed E-state index contributed by atoms with van der Waals surface area (Å²) in [5.74, 6) is -0.208. The average molecular weight is 231 g/mol. The van der Waals surface area contributed by atoms with Crippen LogP contribution in [-0.2, 0) is 9.53 Å². The molecule has 2 N–H and O–H groups in total. The lowest BCUT2D eigenvalue weighted by Gasteiger charge is -2.23. The molecule has 0 aliphatic carbocycles. The van der Waals surface area contributed by atoms with E-state index in [0.29, 0.717) is 6.42 Å². The maximum absolute atomic E-state index is 11.5. The summed E-state index contributed by atoms with van der Waals surface area (Å²) in [5, 5.41) is 12.2. The summed E-state index contributed by atoms with van der Waals surface area (Å²) >= 11 is 0. The van der Waals surface area contributed by atoms with Gasteiger partial charge in [0.25, 0.3) is 0 Å². The summed E-state index contributed by atoms with van der Waals surface area (Å²) in [4.78, 5) is 11.5. The molecule has 96 valence electrons. The molecule has 2 atom stereocenters. The van der Waals surface area contributed by atoms with Crippen molar-refractivity contribution in [2.75, 3.05) is 6.61 Å². The van der Waals surface area contributed by atoms with Gasteiger partial charge in [-0.15, -0.1) is 0 Å². The van der Waals surface area contributed by atoms with Crippen molar-refractivity contribution in [3.8, 4) is 0 Å². The Morgan fingerprint density at radius 1 is 1.44 bits per heavy atom. The second-order valence-corrected chi connectivity index (χ2v) is 5.15. The molecule has 0 bridgehead atoms. The molecule has 0 saturated heterocycles. The van der Waals surface area contributed by atoms with Crippen LogP contribution in [0.4, 0.5) is 0 Å². The zero-order valence-electron chi connectivity index (χ0n) is 11.0. The van der Waals surface area contributed by atoms with Crippen molar-refractivity contribution < 1.29 is 14.6 Å². The number of carbonyl (C=O) groups is 1. The molecule has 0 heterocycles. The van der Waals surface area contributed by atoms with E-state index in [1.165, 1.54) is 0 Å². The number of rotatable bonds is 6. The van der Waals surface area contributed by atoms with Gasteiger partial charge in [-0.05, 0) is 34.1 Å². The van der Waals surface area contributed by atoms with E-state index < -0.39 is 5.60 Å². The monoisotopic (exact) mass is 231 g/mol. The highest BCUT2D eigenvalue weighted by atomic mass is 16.6. The summed E-state index contributed by atoms with van der Waals surface area (Å²) in [5.41, 5.74) is -0.433. The number of aliphatic hydroxyl groups is 1. The summed E-state index contributed by atoms with van der Waals surface area (Å²) in [6.07, 6.45) is 1.17. The molecule has 0 saturated carbocycles. The molecule has 0 rings (SSSR count). The summed E-state index contributed by atoms with van der Waals surface area (Å²) in [7, 11) is 0. The number of carbonyl (C=O) groups excluding carboxylic acids is 1. The van der Waals surface area contributed by atoms with E-state index in [9.17, 15) is 4.79 Å². The van der Waals surface area contributed by atoms with Crippen LogP contribution in [0.1, 0.15) is 47.5 Å². The van der Waals surface area contributed by atoms with Crippen LogP contribution in [0, 0.1) is 0 Å². The van der Waals surface area contributed by atoms with E-state index in [0.717, 1.165) is 6.42 Å². The molecule has 2 unspecified atom stereocenters. The molecule has 0 radical (unpaired) electrons. The van der Waals surface area contributed by atoms with Gasteiger partial charge in [-0.2, -0.15) is 0 Å². The number of hydrogen-bond donors (Lipinski definition) is 2. The van der Waals surface area contributed by atoms with Gasteiger partial charge >= 0.3 is 5.97 Å². The highest BCUT2D eigenvalue weighted by Gasteiger charge is 2.19. The molecule has 0 aromatic carbocycles. The summed E-state index contributed by atoms with van der Waals surface area (Å²) in [6.45, 7) is 9.56. The van der Waals surface area contributed by atoms with Crippen LogP contribution in [0.15, 0.2) is 0 Å². The van der Waals surface area contributed by atoms with E-state index in [4.69, 9.17) is 9.84 Å². The highest BCUT2D eigenvalue weighted by molar-refractivity contribution is 5.70. The van der Waals surface area contributed by atoms with Crippen LogP contribution in [0.2, 0.25) is 0 Å². The van der Waals surface area contributed by atoms with Gasteiger partial charge in [0.2, 0.25) is 0 Å². The van der Waals surface area contributed by atoms with Crippen LogP contribution in [0.5, 0.6) is 0 Å². The Morgan fingerprint density at radius 3 is 2.38 bits per heavy atom. The minimum atomic E-state index is -0.433. The molecule has 0 fully saturated rings. The molecule has 4 nitrogen and oxygen atoms in total. The molecule has 16 heavy (non-hydrogen) atoms. The van der Waals surface area contributed by atoms with Crippen molar-refractivity contribution in [2.45, 2.75) is 65.1 Å². The first-order valence-corrected chi connectivity index (χ1v) is 5.87. The SMILES string of the molecule is CCC(CO)NC(C)CC(=O)OC(C)(C)C. The average Bonchev–Trinajstić information content (AvgIpc) is 2.10. The molecule has 0 aliphatic rings. The van der Waals surface area contributed by atoms with Crippen molar-refractivity contribution in [1.29, 1.82) is 0 Å². The normalized spacial score (nSPS) is 15.6. The van der Waals surface area contributed by atoms with Gasteiger partial charge in [0, 0.05) is 12.1 Å². The number of hydrogen-bond acceptors (Lipinski definition) is 4. The van der Waals surface area contributed by atoms with Crippen LogP contribution in [-0.4, -0.2) is 35.4 Å². The van der Waals surface area contributed by atoms with Gasteiger partial charge < -0.3 is 15.2 Å². The maximum Gasteiger partial charge on any atom is 0.307 e. The quantitative estimate of drug-likeness (QED) is 0.680. The van der Waals surface area contributed by atoms with Crippen LogP contribution >= 0.6 is 0 Å². The van der Waals surface area contributed by atoms with E-state index in [1.807, 2.05) is 34.6 Å². The Bertz CT molecular complexity index is 207. The third kappa shape index (κ3) is 7.65. The lowest BCUT2D eigenvalue weighted by atomic mass is 10.1. The van der Waals surface area contributed by atoms with Gasteiger partial charge in [0.15, 0.2) is 0 Å². The van der Waals surface area contributed by atoms with Crippen LogP contribution in [0.25, 0.3) is 0 Å². The Kier molecular flexibility index (Phi) is 6.60. The summed E-state index contributed by atoms with van der Waals surface area (Å²) < 4.78 is 5.22. The second kappa shape index (κ2) is 6.86. The van der Waals surface area contributed by atoms with Gasteiger partial charge in [0.1, 0.15) is 5.60 Å². The van der Waals surface area contributed by atoms with Gasteiger partial charge in [-0.25, -0.2) is 0 Å². The maximum atomic E-state index is 11.5. The lowest BCUT2D eigenvalue weighted by Crippen LogP contribution is -2.40.